The van der Waals surface area contributed by atoms with Crippen molar-refractivity contribution in [2.45, 2.75) is 44.6 Å². The number of carbonyl (C=O) groups is 1. The molecule has 0 radical (unpaired) electrons. The number of rotatable bonds is 5. The van der Waals surface area contributed by atoms with Crippen molar-refractivity contribution >= 4 is 5.91 Å². The molecule has 1 saturated heterocycles. The average Bonchev–Trinajstić information content (AvgIpc) is 3.33. The Morgan fingerprint density at radius 3 is 2.43 bits per heavy atom. The van der Waals surface area contributed by atoms with Crippen molar-refractivity contribution in [3.8, 4) is 0 Å². The smallest absolute Gasteiger partial charge is 0.224 e. The van der Waals surface area contributed by atoms with Crippen molar-refractivity contribution in [2.24, 2.45) is 17.6 Å². The molecule has 3 rings (SSSR count). The van der Waals surface area contributed by atoms with E-state index in [1.807, 2.05) is 4.90 Å². The van der Waals surface area contributed by atoms with Gasteiger partial charge in [0.15, 0.2) is 0 Å². The topological polar surface area (TPSA) is 46.3 Å². The van der Waals surface area contributed by atoms with Crippen LogP contribution in [0.2, 0.25) is 0 Å². The molecule has 1 heterocycles. The lowest BCUT2D eigenvalue weighted by Gasteiger charge is -2.32. The molecule has 2 N–H and O–H groups in total. The highest BCUT2D eigenvalue weighted by Gasteiger charge is 2.31. The lowest BCUT2D eigenvalue weighted by atomic mass is 9.90. The van der Waals surface area contributed by atoms with Gasteiger partial charge in [0.2, 0.25) is 5.91 Å². The van der Waals surface area contributed by atoms with Crippen LogP contribution < -0.4 is 5.73 Å². The van der Waals surface area contributed by atoms with E-state index in [-0.39, 0.29) is 11.9 Å². The molecular formula is C18H26N2O. The number of nitrogens with zero attached hydrogens (tertiary/aromatic N) is 1. The summed E-state index contributed by atoms with van der Waals surface area (Å²) in [6, 6.07) is 10.8. The van der Waals surface area contributed by atoms with E-state index in [1.165, 1.54) is 18.4 Å². The Hall–Kier alpha value is -1.35. The summed E-state index contributed by atoms with van der Waals surface area (Å²) in [4.78, 5) is 14.3. The van der Waals surface area contributed by atoms with E-state index in [0.717, 1.165) is 32.4 Å². The van der Waals surface area contributed by atoms with Gasteiger partial charge >= 0.3 is 0 Å². The largest absolute Gasteiger partial charge is 0.343 e. The van der Waals surface area contributed by atoms with E-state index >= 15 is 0 Å². The van der Waals surface area contributed by atoms with E-state index in [1.54, 1.807) is 0 Å². The summed E-state index contributed by atoms with van der Waals surface area (Å²) < 4.78 is 0. The number of likely N-dealkylation sites (tertiary alicyclic amines) is 1. The van der Waals surface area contributed by atoms with Gasteiger partial charge in [-0.25, -0.2) is 0 Å². The van der Waals surface area contributed by atoms with Crippen LogP contribution in [0.25, 0.3) is 0 Å². The monoisotopic (exact) mass is 286 g/mol. The summed E-state index contributed by atoms with van der Waals surface area (Å²) in [7, 11) is 0. The van der Waals surface area contributed by atoms with Crippen LogP contribution in [-0.4, -0.2) is 29.9 Å². The Morgan fingerprint density at radius 2 is 1.81 bits per heavy atom. The van der Waals surface area contributed by atoms with Gasteiger partial charge in [-0.05, 0) is 49.5 Å². The predicted molar refractivity (Wildman–Crippen MR) is 84.8 cm³/mol. The number of benzene rings is 1. The molecule has 1 aliphatic heterocycles. The van der Waals surface area contributed by atoms with E-state index < -0.39 is 0 Å². The summed E-state index contributed by atoms with van der Waals surface area (Å²) in [6.45, 7) is 1.82. The van der Waals surface area contributed by atoms with Gasteiger partial charge in [0.1, 0.15) is 0 Å². The zero-order valence-corrected chi connectivity index (χ0v) is 12.7. The highest BCUT2D eigenvalue weighted by atomic mass is 16.2. The van der Waals surface area contributed by atoms with E-state index in [0.29, 0.717) is 18.3 Å². The molecular weight excluding hydrogens is 260 g/mol. The lowest BCUT2D eigenvalue weighted by molar-refractivity contribution is -0.133. The van der Waals surface area contributed by atoms with Crippen molar-refractivity contribution in [3.63, 3.8) is 0 Å². The second-order valence-corrected chi connectivity index (χ2v) is 6.72. The summed E-state index contributed by atoms with van der Waals surface area (Å²) >= 11 is 0. The Bertz CT molecular complexity index is 461. The van der Waals surface area contributed by atoms with Gasteiger partial charge in [-0.15, -0.1) is 0 Å². The Kier molecular flexibility index (Phi) is 4.59. The molecule has 1 aliphatic carbocycles. The minimum atomic E-state index is 0.0968. The molecule has 0 bridgehead atoms. The zero-order valence-electron chi connectivity index (χ0n) is 12.7. The first-order valence-electron chi connectivity index (χ1n) is 8.29. The third kappa shape index (κ3) is 4.07. The van der Waals surface area contributed by atoms with Crippen molar-refractivity contribution in [3.05, 3.63) is 35.9 Å². The maximum Gasteiger partial charge on any atom is 0.224 e. The van der Waals surface area contributed by atoms with Gasteiger partial charge in [-0.2, -0.15) is 0 Å². The molecule has 1 saturated carbocycles. The Balaban J connectivity index is 1.43. The summed E-state index contributed by atoms with van der Waals surface area (Å²) in [5.74, 6) is 1.60. The van der Waals surface area contributed by atoms with Crippen molar-refractivity contribution < 1.29 is 4.79 Å². The predicted octanol–water partition coefficient (Wildman–Crippen LogP) is 2.60. The minimum absolute atomic E-state index is 0.0968. The van der Waals surface area contributed by atoms with Gasteiger partial charge in [0, 0.05) is 25.6 Å². The summed E-state index contributed by atoms with van der Waals surface area (Å²) in [5, 5.41) is 0. The lowest BCUT2D eigenvalue weighted by Crippen LogP contribution is -2.41. The van der Waals surface area contributed by atoms with Crippen LogP contribution in [0.3, 0.4) is 0 Å². The Labute approximate surface area is 127 Å². The van der Waals surface area contributed by atoms with Crippen molar-refractivity contribution in [1.29, 1.82) is 0 Å². The highest BCUT2D eigenvalue weighted by molar-refractivity contribution is 5.77. The molecule has 0 unspecified atom stereocenters. The van der Waals surface area contributed by atoms with Gasteiger partial charge in [-0.3, -0.25) is 4.79 Å². The van der Waals surface area contributed by atoms with Crippen molar-refractivity contribution in [2.75, 3.05) is 13.1 Å². The van der Waals surface area contributed by atoms with E-state index in [2.05, 4.69) is 30.3 Å². The quantitative estimate of drug-likeness (QED) is 0.904. The second kappa shape index (κ2) is 6.61. The average molecular weight is 286 g/mol. The van der Waals surface area contributed by atoms with Crippen LogP contribution in [0.1, 0.15) is 37.7 Å². The van der Waals surface area contributed by atoms with Gasteiger partial charge < -0.3 is 10.6 Å². The number of carbonyl (C=O) groups excluding carboxylic acids is 1. The fraction of sp³-hybridized carbons (Fsp3) is 0.611. The third-order valence-electron chi connectivity index (χ3n) is 4.97. The first-order chi connectivity index (χ1) is 10.2. The number of nitrogens with two attached hydrogens (primary N) is 1. The van der Waals surface area contributed by atoms with Crippen LogP contribution in [0.15, 0.2) is 30.3 Å². The molecule has 3 heteroatoms. The zero-order chi connectivity index (χ0) is 14.7. The first-order valence-corrected chi connectivity index (χ1v) is 8.29. The summed E-state index contributed by atoms with van der Waals surface area (Å²) in [5.41, 5.74) is 7.48. The molecule has 1 aromatic rings. The standard InChI is InChI=1S/C18H26N2O/c19-17(16-6-7-16)13-18(21)20-10-8-15(9-11-20)12-14-4-2-1-3-5-14/h1-5,15-17H,6-13,19H2/t17-/m0/s1. The van der Waals surface area contributed by atoms with Gasteiger partial charge in [0.05, 0.1) is 0 Å². The molecule has 2 aliphatic rings. The van der Waals surface area contributed by atoms with Crippen LogP contribution >= 0.6 is 0 Å². The molecule has 114 valence electrons. The fourth-order valence-corrected chi connectivity index (χ4v) is 3.36. The third-order valence-corrected chi connectivity index (χ3v) is 4.97. The van der Waals surface area contributed by atoms with Gasteiger partial charge in [-0.1, -0.05) is 30.3 Å². The van der Waals surface area contributed by atoms with Crippen LogP contribution in [0.5, 0.6) is 0 Å². The number of amides is 1. The molecule has 2 fully saturated rings. The second-order valence-electron chi connectivity index (χ2n) is 6.72. The van der Waals surface area contributed by atoms with Gasteiger partial charge in [0.25, 0.3) is 0 Å². The maximum absolute atomic E-state index is 12.3. The van der Waals surface area contributed by atoms with E-state index in [4.69, 9.17) is 5.73 Å². The number of hydrogen-bond acceptors (Lipinski definition) is 2. The fourth-order valence-electron chi connectivity index (χ4n) is 3.36. The normalized spacial score (nSPS) is 21.3. The number of piperidine rings is 1. The number of hydrogen-bond donors (Lipinski definition) is 1. The van der Waals surface area contributed by atoms with E-state index in [9.17, 15) is 4.79 Å². The molecule has 1 atom stereocenters. The van der Waals surface area contributed by atoms with Crippen LogP contribution in [-0.2, 0) is 11.2 Å². The van der Waals surface area contributed by atoms with Crippen molar-refractivity contribution in [1.82, 2.24) is 4.90 Å². The SMILES string of the molecule is N[C@@H](CC(=O)N1CCC(Cc2ccccc2)CC1)C1CC1. The first kappa shape index (κ1) is 14.6. The molecule has 1 amide bonds. The summed E-state index contributed by atoms with van der Waals surface area (Å²) in [6.07, 6.45) is 6.37. The molecule has 21 heavy (non-hydrogen) atoms. The molecule has 0 spiro atoms. The molecule has 3 nitrogen and oxygen atoms in total. The highest BCUT2D eigenvalue weighted by Crippen LogP contribution is 2.33. The van der Waals surface area contributed by atoms with Crippen LogP contribution in [0.4, 0.5) is 0 Å². The maximum atomic E-state index is 12.3. The minimum Gasteiger partial charge on any atom is -0.343 e. The molecule has 1 aromatic carbocycles. The molecule has 0 aromatic heterocycles. The Morgan fingerprint density at radius 1 is 1.14 bits per heavy atom. The van der Waals surface area contributed by atoms with Crippen LogP contribution in [0, 0.1) is 11.8 Å².